The first-order valence-corrected chi connectivity index (χ1v) is 9.25. The van der Waals surface area contributed by atoms with Gasteiger partial charge in [-0.15, -0.1) is 0 Å². The van der Waals surface area contributed by atoms with Gasteiger partial charge in [0.25, 0.3) is 0 Å². The van der Waals surface area contributed by atoms with E-state index in [1.165, 1.54) is 6.92 Å². The van der Waals surface area contributed by atoms with Crippen LogP contribution in [0.25, 0.3) is 0 Å². The predicted molar refractivity (Wildman–Crippen MR) is 111 cm³/mol. The van der Waals surface area contributed by atoms with Gasteiger partial charge >= 0.3 is 11.9 Å². The van der Waals surface area contributed by atoms with Gasteiger partial charge in [-0.05, 0) is 6.92 Å². The van der Waals surface area contributed by atoms with Crippen molar-refractivity contribution in [1.29, 1.82) is 0 Å². The summed E-state index contributed by atoms with van der Waals surface area (Å²) in [5.41, 5.74) is 1.40. The molecule has 0 saturated carbocycles. The molecule has 3 aromatic rings. The summed E-state index contributed by atoms with van der Waals surface area (Å²) in [4.78, 5) is 24.5. The summed E-state index contributed by atoms with van der Waals surface area (Å²) in [6.07, 6.45) is 0. The lowest BCUT2D eigenvalue weighted by atomic mass is 9.80. The molecule has 0 N–H and O–H groups in total. The minimum atomic E-state index is -1.18. The first kappa shape index (κ1) is 20.1. The van der Waals surface area contributed by atoms with Crippen LogP contribution in [0.15, 0.2) is 103 Å². The van der Waals surface area contributed by atoms with Gasteiger partial charge in [0, 0.05) is 22.3 Å². The van der Waals surface area contributed by atoms with Crippen molar-refractivity contribution >= 4 is 11.9 Å². The van der Waals surface area contributed by atoms with E-state index in [0.29, 0.717) is 0 Å². The fourth-order valence-electron chi connectivity index (χ4n) is 3.14. The topological polar surface area (TPSA) is 52.6 Å². The molecule has 0 amide bonds. The second-order valence-electron chi connectivity index (χ2n) is 6.61. The summed E-state index contributed by atoms with van der Waals surface area (Å²) in [6, 6.07) is 28.5. The van der Waals surface area contributed by atoms with E-state index in [4.69, 9.17) is 9.47 Å². The van der Waals surface area contributed by atoms with Crippen LogP contribution in [0.1, 0.15) is 23.6 Å². The van der Waals surface area contributed by atoms with Crippen LogP contribution in [0.3, 0.4) is 0 Å². The molecule has 29 heavy (non-hydrogen) atoms. The average Bonchev–Trinajstić information content (AvgIpc) is 2.77. The largest absolute Gasteiger partial charge is 0.450 e. The second-order valence-corrected chi connectivity index (χ2v) is 6.61. The number of esters is 2. The highest BCUT2D eigenvalue weighted by Crippen LogP contribution is 2.40. The van der Waals surface area contributed by atoms with Gasteiger partial charge in [0.15, 0.2) is 12.2 Å². The van der Waals surface area contributed by atoms with Gasteiger partial charge in [-0.1, -0.05) is 97.6 Å². The summed E-state index contributed by atoms with van der Waals surface area (Å²) in [5, 5.41) is 0. The highest BCUT2D eigenvalue weighted by Gasteiger charge is 2.40. The van der Waals surface area contributed by atoms with Crippen LogP contribution in [0.5, 0.6) is 0 Å². The van der Waals surface area contributed by atoms with E-state index in [-0.39, 0.29) is 5.57 Å². The van der Waals surface area contributed by atoms with E-state index < -0.39 is 24.1 Å². The molecule has 0 saturated heterocycles. The van der Waals surface area contributed by atoms with Gasteiger partial charge < -0.3 is 9.47 Å². The minimum Gasteiger partial charge on any atom is -0.450 e. The third kappa shape index (κ3) is 4.43. The van der Waals surface area contributed by atoms with Gasteiger partial charge in [-0.3, -0.25) is 0 Å². The zero-order valence-electron chi connectivity index (χ0n) is 16.2. The molecule has 0 aliphatic carbocycles. The third-order valence-electron chi connectivity index (χ3n) is 4.48. The fourth-order valence-corrected chi connectivity index (χ4v) is 3.14. The normalized spacial score (nSPS) is 10.8. The molecule has 0 unspecified atom stereocenters. The molecule has 0 atom stereocenters. The van der Waals surface area contributed by atoms with Crippen molar-refractivity contribution in [2.24, 2.45) is 0 Å². The van der Waals surface area contributed by atoms with Crippen molar-refractivity contribution in [3.05, 3.63) is 120 Å². The SMILES string of the molecule is C=C(C)C(=O)OCC(=O)OC(c1ccccc1)(c1ccccc1)c1ccccc1. The lowest BCUT2D eigenvalue weighted by Gasteiger charge is -2.35. The Kier molecular flexibility index (Phi) is 6.25. The van der Waals surface area contributed by atoms with Crippen LogP contribution in [0, 0.1) is 0 Å². The summed E-state index contributed by atoms with van der Waals surface area (Å²) in [7, 11) is 0. The van der Waals surface area contributed by atoms with E-state index in [2.05, 4.69) is 6.58 Å². The van der Waals surface area contributed by atoms with Crippen LogP contribution in [-0.4, -0.2) is 18.5 Å². The fraction of sp³-hybridized carbons (Fsp3) is 0.120. The lowest BCUT2D eigenvalue weighted by molar-refractivity contribution is -0.164. The quantitative estimate of drug-likeness (QED) is 0.337. The number of carbonyl (C=O) groups excluding carboxylic acids is 2. The van der Waals surface area contributed by atoms with Gasteiger partial charge in [0.05, 0.1) is 0 Å². The number of ether oxygens (including phenoxy) is 2. The van der Waals surface area contributed by atoms with E-state index in [9.17, 15) is 9.59 Å². The molecule has 146 valence electrons. The molecule has 0 aliphatic rings. The average molecular weight is 386 g/mol. The van der Waals surface area contributed by atoms with E-state index >= 15 is 0 Å². The zero-order valence-corrected chi connectivity index (χ0v) is 16.2. The molecule has 0 radical (unpaired) electrons. The summed E-state index contributed by atoms with van der Waals surface area (Å²) in [5.74, 6) is -1.29. The van der Waals surface area contributed by atoms with Crippen molar-refractivity contribution in [3.63, 3.8) is 0 Å². The van der Waals surface area contributed by atoms with E-state index in [0.717, 1.165) is 16.7 Å². The van der Waals surface area contributed by atoms with Gasteiger partial charge in [-0.25, -0.2) is 9.59 Å². The third-order valence-corrected chi connectivity index (χ3v) is 4.48. The van der Waals surface area contributed by atoms with Crippen molar-refractivity contribution in [2.75, 3.05) is 6.61 Å². The standard InChI is InChI=1S/C25H22O4/c1-19(2)24(27)28-18-23(26)29-25(20-12-6-3-7-13-20,21-14-8-4-9-15-21)22-16-10-5-11-17-22/h3-17H,1,18H2,2H3. The number of benzene rings is 3. The first-order chi connectivity index (χ1) is 14.0. The molecule has 3 aromatic carbocycles. The maximum atomic E-state index is 12.8. The smallest absolute Gasteiger partial charge is 0.345 e. The number of hydrogen-bond donors (Lipinski definition) is 0. The highest BCUT2D eigenvalue weighted by molar-refractivity contribution is 5.88. The van der Waals surface area contributed by atoms with Crippen molar-refractivity contribution in [1.82, 2.24) is 0 Å². The van der Waals surface area contributed by atoms with Crippen molar-refractivity contribution < 1.29 is 19.1 Å². The molecule has 0 fully saturated rings. The monoisotopic (exact) mass is 386 g/mol. The highest BCUT2D eigenvalue weighted by atomic mass is 16.6. The van der Waals surface area contributed by atoms with Crippen LogP contribution < -0.4 is 0 Å². The number of rotatable bonds is 7. The molecular weight excluding hydrogens is 364 g/mol. The molecule has 4 heteroatoms. The van der Waals surface area contributed by atoms with Crippen LogP contribution in [0.2, 0.25) is 0 Å². The number of hydrogen-bond acceptors (Lipinski definition) is 4. The Morgan fingerprint density at radius 1 is 0.759 bits per heavy atom. The molecule has 0 aliphatic heterocycles. The zero-order chi connectivity index (χ0) is 20.7. The van der Waals surface area contributed by atoms with Gasteiger partial charge in [-0.2, -0.15) is 0 Å². The van der Waals surface area contributed by atoms with Gasteiger partial charge in [0.2, 0.25) is 0 Å². The predicted octanol–water partition coefficient (Wildman–Crippen LogP) is 4.64. The first-order valence-electron chi connectivity index (χ1n) is 9.25. The Balaban J connectivity index is 2.09. The molecule has 0 bridgehead atoms. The van der Waals surface area contributed by atoms with E-state index in [1.54, 1.807) is 0 Å². The molecule has 3 rings (SSSR count). The van der Waals surface area contributed by atoms with Crippen LogP contribution >= 0.6 is 0 Å². The van der Waals surface area contributed by atoms with Crippen LogP contribution in [-0.2, 0) is 24.7 Å². The molecule has 0 spiro atoms. The Hall–Kier alpha value is -3.66. The summed E-state index contributed by atoms with van der Waals surface area (Å²) in [6.45, 7) is 4.55. The maximum Gasteiger partial charge on any atom is 0.345 e. The Labute approximate surface area is 170 Å². The van der Waals surface area contributed by atoms with Crippen molar-refractivity contribution in [3.8, 4) is 0 Å². The maximum absolute atomic E-state index is 12.8. The second kappa shape index (κ2) is 9.02. The summed E-state index contributed by atoms with van der Waals surface area (Å²) < 4.78 is 11.1. The Bertz CT molecular complexity index is 882. The molecule has 0 heterocycles. The van der Waals surface area contributed by atoms with E-state index in [1.807, 2.05) is 91.0 Å². The Morgan fingerprint density at radius 3 is 1.48 bits per heavy atom. The molecule has 4 nitrogen and oxygen atoms in total. The molecular formula is C25H22O4. The molecule has 0 aromatic heterocycles. The Morgan fingerprint density at radius 2 is 1.14 bits per heavy atom. The van der Waals surface area contributed by atoms with Gasteiger partial charge in [0.1, 0.15) is 0 Å². The lowest BCUT2D eigenvalue weighted by Crippen LogP contribution is -2.36. The van der Waals surface area contributed by atoms with Crippen LogP contribution in [0.4, 0.5) is 0 Å². The van der Waals surface area contributed by atoms with Crippen molar-refractivity contribution in [2.45, 2.75) is 12.5 Å². The summed E-state index contributed by atoms with van der Waals surface area (Å²) >= 11 is 0. The number of carbonyl (C=O) groups is 2. The minimum absolute atomic E-state index is 0.221.